The molecule has 3 aromatic rings. The minimum Gasteiger partial charge on any atom is -0.336 e. The number of aromatic amines is 1. The number of rotatable bonds is 4. The highest BCUT2D eigenvalue weighted by Crippen LogP contribution is 2.27. The molecule has 0 unspecified atom stereocenters. The van der Waals surface area contributed by atoms with E-state index in [0.29, 0.717) is 10.6 Å². The van der Waals surface area contributed by atoms with E-state index in [2.05, 4.69) is 4.98 Å². The largest absolute Gasteiger partial charge is 0.336 e. The lowest BCUT2D eigenvalue weighted by atomic mass is 10.1. The molecule has 5 rings (SSSR count). The van der Waals surface area contributed by atoms with Crippen molar-refractivity contribution in [2.75, 3.05) is 26.2 Å². The Labute approximate surface area is 192 Å². The molecule has 1 saturated heterocycles. The summed E-state index contributed by atoms with van der Waals surface area (Å²) >= 11 is 0. The van der Waals surface area contributed by atoms with E-state index in [4.69, 9.17) is 0 Å². The van der Waals surface area contributed by atoms with Crippen LogP contribution in [0.5, 0.6) is 0 Å². The van der Waals surface area contributed by atoms with Gasteiger partial charge in [-0.3, -0.25) is 9.59 Å². The van der Waals surface area contributed by atoms with Crippen LogP contribution >= 0.6 is 0 Å². The molecule has 1 N–H and O–H groups in total. The molecule has 2 aliphatic rings. The van der Waals surface area contributed by atoms with E-state index in [1.54, 1.807) is 23.1 Å². The van der Waals surface area contributed by atoms with Crippen LogP contribution in [-0.4, -0.2) is 54.7 Å². The number of aromatic nitrogens is 1. The van der Waals surface area contributed by atoms with Gasteiger partial charge in [0.2, 0.25) is 10.0 Å². The summed E-state index contributed by atoms with van der Waals surface area (Å²) < 4.78 is 27.7. The molecule has 2 aromatic carbocycles. The van der Waals surface area contributed by atoms with E-state index in [1.807, 2.05) is 36.4 Å². The summed E-state index contributed by atoms with van der Waals surface area (Å²) in [4.78, 5) is 30.2. The van der Waals surface area contributed by atoms with Crippen LogP contribution in [0.2, 0.25) is 0 Å². The number of nitrogens with zero attached hydrogens (tertiary/aromatic N) is 2. The van der Waals surface area contributed by atoms with Gasteiger partial charge in [-0.2, -0.15) is 4.31 Å². The van der Waals surface area contributed by atoms with Gasteiger partial charge in [0.05, 0.1) is 4.90 Å². The maximum atomic E-state index is 13.1. The monoisotopic (exact) mass is 463 g/mol. The number of piperazine rings is 1. The van der Waals surface area contributed by atoms with Gasteiger partial charge >= 0.3 is 0 Å². The molecule has 0 atom stereocenters. The summed E-state index contributed by atoms with van der Waals surface area (Å²) in [6.45, 7) is 0.877. The fraction of sp³-hybridized carbons (Fsp3) is 0.280. The van der Waals surface area contributed by atoms with Gasteiger partial charge in [-0.1, -0.05) is 36.4 Å². The fourth-order valence-corrected chi connectivity index (χ4v) is 6.06. The van der Waals surface area contributed by atoms with Crippen molar-refractivity contribution in [3.63, 3.8) is 0 Å². The second-order valence-corrected chi connectivity index (χ2v) is 10.4. The molecular formula is C25H25N3O4S. The standard InChI is InChI=1S/C25H25N3O4S/c29-24-22(11-12-23(26-24)19-5-2-1-3-6-19)25(30)27-13-15-28(16-14-27)33(31,32)21-10-9-18-7-4-8-20(18)17-21/h1-3,5-6,9-12,17H,4,7-8,13-16H2,(H,26,29). The predicted molar refractivity (Wildman–Crippen MR) is 126 cm³/mol. The Bertz CT molecular complexity index is 1360. The van der Waals surface area contributed by atoms with Crippen LogP contribution in [-0.2, 0) is 22.9 Å². The predicted octanol–water partition coefficient (Wildman–Crippen LogP) is 2.68. The number of amides is 1. The fourth-order valence-electron chi connectivity index (χ4n) is 4.59. The van der Waals surface area contributed by atoms with Crippen LogP contribution in [0.1, 0.15) is 27.9 Å². The summed E-state index contributed by atoms with van der Waals surface area (Å²) in [7, 11) is -3.61. The number of carbonyl (C=O) groups excluding carboxylic acids is 1. The summed E-state index contributed by atoms with van der Waals surface area (Å²) in [5, 5.41) is 0. The molecule has 1 fully saturated rings. The number of fused-ring (bicyclic) bond motifs is 1. The highest BCUT2D eigenvalue weighted by Gasteiger charge is 2.31. The van der Waals surface area contributed by atoms with Gasteiger partial charge in [-0.25, -0.2) is 8.42 Å². The Balaban J connectivity index is 1.28. The maximum Gasteiger partial charge on any atom is 0.261 e. The van der Waals surface area contributed by atoms with Crippen molar-refractivity contribution in [1.29, 1.82) is 0 Å². The van der Waals surface area contributed by atoms with Crippen LogP contribution in [0.4, 0.5) is 0 Å². The number of nitrogens with one attached hydrogen (secondary N) is 1. The molecule has 0 saturated carbocycles. The van der Waals surface area contributed by atoms with Gasteiger partial charge in [0.15, 0.2) is 0 Å². The number of sulfonamides is 1. The molecule has 1 aliphatic carbocycles. The second-order valence-electron chi connectivity index (χ2n) is 8.46. The van der Waals surface area contributed by atoms with E-state index in [9.17, 15) is 18.0 Å². The van der Waals surface area contributed by atoms with E-state index >= 15 is 0 Å². The zero-order valence-electron chi connectivity index (χ0n) is 18.2. The summed E-state index contributed by atoms with van der Waals surface area (Å²) in [6, 6.07) is 18.1. The molecule has 0 bridgehead atoms. The quantitative estimate of drug-likeness (QED) is 0.644. The molecule has 1 aromatic heterocycles. The van der Waals surface area contributed by atoms with Crippen LogP contribution in [0.3, 0.4) is 0 Å². The maximum absolute atomic E-state index is 13.1. The number of carbonyl (C=O) groups is 1. The first-order valence-electron chi connectivity index (χ1n) is 11.1. The minimum absolute atomic E-state index is 0.0598. The molecule has 7 nitrogen and oxygen atoms in total. The van der Waals surface area contributed by atoms with E-state index in [-0.39, 0.29) is 37.6 Å². The van der Waals surface area contributed by atoms with Gasteiger partial charge in [0, 0.05) is 31.9 Å². The first kappa shape index (κ1) is 21.6. The zero-order valence-corrected chi connectivity index (χ0v) is 19.0. The molecule has 2 heterocycles. The third-order valence-corrected chi connectivity index (χ3v) is 8.35. The second kappa shape index (κ2) is 8.61. The highest BCUT2D eigenvalue weighted by molar-refractivity contribution is 7.89. The molecule has 170 valence electrons. The van der Waals surface area contributed by atoms with Crippen molar-refractivity contribution in [3.05, 3.63) is 87.7 Å². The van der Waals surface area contributed by atoms with Crippen LogP contribution < -0.4 is 5.56 Å². The van der Waals surface area contributed by atoms with Gasteiger partial charge in [0.1, 0.15) is 5.56 Å². The molecular weight excluding hydrogens is 438 g/mol. The number of aryl methyl sites for hydroxylation is 2. The minimum atomic E-state index is -3.61. The summed E-state index contributed by atoms with van der Waals surface area (Å²) in [5.41, 5.74) is 3.46. The Morgan fingerprint density at radius 3 is 2.30 bits per heavy atom. The number of benzene rings is 2. The smallest absolute Gasteiger partial charge is 0.261 e. The first-order valence-corrected chi connectivity index (χ1v) is 12.6. The molecule has 33 heavy (non-hydrogen) atoms. The van der Waals surface area contributed by atoms with Gasteiger partial charge in [0.25, 0.3) is 11.5 Å². The Kier molecular flexibility index (Phi) is 5.64. The molecule has 0 radical (unpaired) electrons. The van der Waals surface area contributed by atoms with Crippen molar-refractivity contribution >= 4 is 15.9 Å². The van der Waals surface area contributed by atoms with E-state index < -0.39 is 15.6 Å². The van der Waals surface area contributed by atoms with Crippen molar-refractivity contribution in [3.8, 4) is 11.3 Å². The Morgan fingerprint density at radius 2 is 1.58 bits per heavy atom. The van der Waals surface area contributed by atoms with Crippen molar-refractivity contribution in [1.82, 2.24) is 14.2 Å². The number of pyridine rings is 1. The summed E-state index contributed by atoms with van der Waals surface area (Å²) in [6.07, 6.45) is 2.98. The van der Waals surface area contributed by atoms with E-state index in [1.165, 1.54) is 15.9 Å². The average molecular weight is 464 g/mol. The SMILES string of the molecule is O=C(c1ccc(-c2ccccc2)[nH]c1=O)N1CCN(S(=O)(=O)c2ccc3c(c2)CCC3)CC1. The Morgan fingerprint density at radius 1 is 0.848 bits per heavy atom. The van der Waals surface area contributed by atoms with Crippen LogP contribution in [0.25, 0.3) is 11.3 Å². The molecule has 1 amide bonds. The third kappa shape index (κ3) is 4.12. The normalized spacial score (nSPS) is 16.5. The van der Waals surface area contributed by atoms with Crippen molar-refractivity contribution in [2.24, 2.45) is 0 Å². The van der Waals surface area contributed by atoms with E-state index in [0.717, 1.165) is 30.4 Å². The van der Waals surface area contributed by atoms with Gasteiger partial charge in [-0.05, 0) is 60.2 Å². The van der Waals surface area contributed by atoms with Crippen molar-refractivity contribution < 1.29 is 13.2 Å². The Hall–Kier alpha value is -3.23. The number of H-pyrrole nitrogens is 1. The lowest BCUT2D eigenvalue weighted by Crippen LogP contribution is -2.51. The topological polar surface area (TPSA) is 90.6 Å². The van der Waals surface area contributed by atoms with Crippen molar-refractivity contribution in [2.45, 2.75) is 24.2 Å². The molecule has 8 heteroatoms. The average Bonchev–Trinajstić information content (AvgIpc) is 3.32. The van der Waals surface area contributed by atoms with Crippen LogP contribution in [0.15, 0.2) is 70.4 Å². The molecule has 1 aliphatic heterocycles. The lowest BCUT2D eigenvalue weighted by molar-refractivity contribution is 0.0696. The third-order valence-electron chi connectivity index (χ3n) is 6.46. The zero-order chi connectivity index (χ0) is 23.0. The number of hydrogen-bond acceptors (Lipinski definition) is 4. The van der Waals surface area contributed by atoms with Gasteiger partial charge < -0.3 is 9.88 Å². The highest BCUT2D eigenvalue weighted by atomic mass is 32.2. The van der Waals surface area contributed by atoms with Crippen LogP contribution in [0, 0.1) is 0 Å². The first-order chi connectivity index (χ1) is 15.9. The molecule has 0 spiro atoms. The summed E-state index contributed by atoms with van der Waals surface area (Å²) in [5.74, 6) is -0.384. The lowest BCUT2D eigenvalue weighted by Gasteiger charge is -2.34. The number of hydrogen-bond donors (Lipinski definition) is 1. The van der Waals surface area contributed by atoms with Gasteiger partial charge in [-0.15, -0.1) is 0 Å².